The van der Waals surface area contributed by atoms with Crippen molar-refractivity contribution in [3.8, 4) is 0 Å². The first-order valence-electron chi connectivity index (χ1n) is 6.77. The maximum Gasteiger partial charge on any atom is 0.223 e. The summed E-state index contributed by atoms with van der Waals surface area (Å²) in [5.74, 6) is 0.582. The second-order valence-corrected chi connectivity index (χ2v) is 6.38. The van der Waals surface area contributed by atoms with Crippen LogP contribution in [0.15, 0.2) is 65.1 Å². The highest BCUT2D eigenvalue weighted by atomic mass is 35.5. The van der Waals surface area contributed by atoms with Gasteiger partial charge in [0, 0.05) is 21.6 Å². The summed E-state index contributed by atoms with van der Waals surface area (Å²) in [5.41, 5.74) is 11.8. The predicted molar refractivity (Wildman–Crippen MR) is 104 cm³/mol. The number of rotatable bonds is 6. The quantitative estimate of drug-likeness (QED) is 0.381. The number of nitrogen functional groups attached to an aromatic ring is 1. The molecule has 0 atom stereocenters. The van der Waals surface area contributed by atoms with Gasteiger partial charge in [-0.05, 0) is 36.6 Å². The van der Waals surface area contributed by atoms with E-state index in [1.54, 1.807) is 24.3 Å². The van der Waals surface area contributed by atoms with Gasteiger partial charge in [0.25, 0.3) is 0 Å². The first kappa shape index (κ1) is 18.2. The molecule has 0 saturated heterocycles. The lowest BCUT2D eigenvalue weighted by atomic mass is 10.3. The van der Waals surface area contributed by atoms with Gasteiger partial charge < -0.3 is 16.8 Å². The van der Waals surface area contributed by atoms with Crippen LogP contribution in [-0.2, 0) is 0 Å². The number of nitrogens with one attached hydrogen (secondary N) is 1. The summed E-state index contributed by atoms with van der Waals surface area (Å²) in [5, 5.41) is 3.93. The van der Waals surface area contributed by atoms with Crippen molar-refractivity contribution in [3.63, 3.8) is 0 Å². The second-order valence-electron chi connectivity index (χ2n) is 4.47. The van der Waals surface area contributed by atoms with Gasteiger partial charge in [-0.1, -0.05) is 47.6 Å². The van der Waals surface area contributed by atoms with Crippen LogP contribution >= 0.6 is 35.0 Å². The van der Waals surface area contributed by atoms with Crippen LogP contribution in [0, 0.1) is 0 Å². The van der Waals surface area contributed by atoms with E-state index < -0.39 is 0 Å². The number of anilines is 3. The summed E-state index contributed by atoms with van der Waals surface area (Å²) in [6.07, 6.45) is 6.79. The second kappa shape index (κ2) is 8.63. The van der Waals surface area contributed by atoms with Gasteiger partial charge in [0.05, 0.1) is 5.02 Å². The summed E-state index contributed by atoms with van der Waals surface area (Å²) >= 11 is 13.7. The number of hydrogen-bond donors (Lipinski definition) is 3. The highest BCUT2D eigenvalue weighted by Gasteiger charge is 2.06. The highest BCUT2D eigenvalue weighted by molar-refractivity contribution is 8.03. The Kier molecular flexibility index (Phi) is 6.54. The third-order valence-electron chi connectivity index (χ3n) is 2.69. The van der Waals surface area contributed by atoms with Crippen LogP contribution in [0.3, 0.4) is 0 Å². The van der Waals surface area contributed by atoms with E-state index in [1.165, 1.54) is 18.0 Å². The zero-order valence-corrected chi connectivity index (χ0v) is 14.9. The fraction of sp³-hybridized carbons (Fsp3) is 0. The first-order valence-corrected chi connectivity index (χ1v) is 8.34. The Balaban J connectivity index is 2.20. The van der Waals surface area contributed by atoms with Crippen molar-refractivity contribution < 1.29 is 0 Å². The molecule has 1 aromatic heterocycles. The van der Waals surface area contributed by atoms with Crippen LogP contribution in [0.1, 0.15) is 0 Å². The predicted octanol–water partition coefficient (Wildman–Crippen LogP) is 4.74. The van der Waals surface area contributed by atoms with E-state index in [0.717, 1.165) is 15.5 Å². The van der Waals surface area contributed by atoms with E-state index in [-0.39, 0.29) is 11.1 Å². The zero-order valence-electron chi connectivity index (χ0n) is 12.5. The molecule has 24 heavy (non-hydrogen) atoms. The van der Waals surface area contributed by atoms with Crippen LogP contribution in [0.25, 0.3) is 0 Å². The summed E-state index contributed by atoms with van der Waals surface area (Å²) in [6.45, 7) is 3.68. The molecule has 5 nitrogen and oxygen atoms in total. The van der Waals surface area contributed by atoms with Crippen molar-refractivity contribution in [2.24, 2.45) is 5.73 Å². The van der Waals surface area contributed by atoms with Gasteiger partial charge in [0.15, 0.2) is 0 Å². The van der Waals surface area contributed by atoms with E-state index in [9.17, 15) is 0 Å². The summed E-state index contributed by atoms with van der Waals surface area (Å²) in [4.78, 5) is 9.67. The largest absolute Gasteiger partial charge is 0.405 e. The topological polar surface area (TPSA) is 89.8 Å². The Bertz CT molecular complexity index is 785. The lowest BCUT2D eigenvalue weighted by molar-refractivity contribution is 1.18. The number of benzene rings is 1. The monoisotopic (exact) mass is 379 g/mol. The summed E-state index contributed by atoms with van der Waals surface area (Å²) in [6, 6.07) is 7.13. The highest BCUT2D eigenvalue weighted by Crippen LogP contribution is 2.35. The smallest absolute Gasteiger partial charge is 0.223 e. The molecule has 2 aromatic rings. The third-order valence-corrected chi connectivity index (χ3v) is 4.39. The van der Waals surface area contributed by atoms with Crippen molar-refractivity contribution in [2.45, 2.75) is 4.90 Å². The molecular weight excluding hydrogens is 365 g/mol. The van der Waals surface area contributed by atoms with Crippen LogP contribution in [0.5, 0.6) is 0 Å². The normalized spacial score (nSPS) is 11.7. The molecule has 8 heteroatoms. The van der Waals surface area contributed by atoms with Crippen molar-refractivity contribution in [3.05, 3.63) is 70.4 Å². The Morgan fingerprint density at radius 1 is 1.25 bits per heavy atom. The van der Waals surface area contributed by atoms with Gasteiger partial charge in [0.2, 0.25) is 5.95 Å². The molecule has 0 fully saturated rings. The fourth-order valence-electron chi connectivity index (χ4n) is 1.77. The SMILES string of the molecule is C=C/C=C(\C=C/N)Sc1ccc(Nc2cc(Cl)nc(N)n2)cc1Cl. The first-order chi connectivity index (χ1) is 11.5. The lowest BCUT2D eigenvalue weighted by Crippen LogP contribution is -2.00. The molecule has 0 aliphatic carbocycles. The molecule has 0 bridgehead atoms. The zero-order chi connectivity index (χ0) is 17.5. The van der Waals surface area contributed by atoms with Crippen LogP contribution in [0.4, 0.5) is 17.5 Å². The molecule has 124 valence electrons. The Morgan fingerprint density at radius 2 is 2.04 bits per heavy atom. The van der Waals surface area contributed by atoms with E-state index in [2.05, 4.69) is 21.9 Å². The van der Waals surface area contributed by atoms with Gasteiger partial charge in [-0.25, -0.2) is 4.98 Å². The summed E-state index contributed by atoms with van der Waals surface area (Å²) in [7, 11) is 0. The van der Waals surface area contributed by atoms with E-state index >= 15 is 0 Å². The van der Waals surface area contributed by atoms with Crippen molar-refractivity contribution in [1.29, 1.82) is 0 Å². The molecule has 0 spiro atoms. The average Bonchev–Trinajstić information content (AvgIpc) is 2.49. The molecule has 0 aliphatic rings. The van der Waals surface area contributed by atoms with E-state index in [1.807, 2.05) is 18.2 Å². The number of nitrogens with zero attached hydrogens (tertiary/aromatic N) is 2. The number of hydrogen-bond acceptors (Lipinski definition) is 6. The van der Waals surface area contributed by atoms with Crippen molar-refractivity contribution in [2.75, 3.05) is 11.1 Å². The number of allylic oxidation sites excluding steroid dienone is 3. The van der Waals surface area contributed by atoms with Gasteiger partial charge >= 0.3 is 0 Å². The standard InChI is InChI=1S/C16H15Cl2N5S/c1-2-3-11(6-7-19)24-13-5-4-10(8-12(13)17)21-15-9-14(18)22-16(20)23-15/h2-9H,1,19H2,(H3,20,21,22,23)/b7-6-,11-3+. The Morgan fingerprint density at radius 3 is 2.67 bits per heavy atom. The van der Waals surface area contributed by atoms with Crippen LogP contribution in [-0.4, -0.2) is 9.97 Å². The minimum absolute atomic E-state index is 0.0936. The molecular formula is C16H15Cl2N5S. The number of thioether (sulfide) groups is 1. The van der Waals surface area contributed by atoms with Crippen molar-refractivity contribution >= 4 is 52.4 Å². The van der Waals surface area contributed by atoms with E-state index in [0.29, 0.717) is 10.8 Å². The molecule has 1 aromatic carbocycles. The minimum atomic E-state index is 0.0936. The van der Waals surface area contributed by atoms with Gasteiger partial charge in [-0.2, -0.15) is 4.98 Å². The maximum atomic E-state index is 6.35. The summed E-state index contributed by atoms with van der Waals surface area (Å²) < 4.78 is 0. The molecule has 0 aliphatic heterocycles. The Hall–Kier alpha value is -2.15. The molecule has 0 radical (unpaired) electrons. The number of nitrogens with two attached hydrogens (primary N) is 2. The fourth-order valence-corrected chi connectivity index (χ4v) is 3.11. The number of halogens is 2. The van der Waals surface area contributed by atoms with Gasteiger partial charge in [0.1, 0.15) is 11.0 Å². The lowest BCUT2D eigenvalue weighted by Gasteiger charge is -2.10. The van der Waals surface area contributed by atoms with Crippen molar-refractivity contribution in [1.82, 2.24) is 9.97 Å². The molecule has 5 N–H and O–H groups in total. The van der Waals surface area contributed by atoms with E-state index in [4.69, 9.17) is 34.7 Å². The minimum Gasteiger partial charge on any atom is -0.405 e. The third kappa shape index (κ3) is 5.19. The molecule has 0 saturated carbocycles. The van der Waals surface area contributed by atoms with Crippen LogP contribution in [0.2, 0.25) is 10.2 Å². The maximum absolute atomic E-state index is 6.35. The van der Waals surface area contributed by atoms with Gasteiger partial charge in [-0.15, -0.1) is 0 Å². The van der Waals surface area contributed by atoms with Crippen LogP contribution < -0.4 is 16.8 Å². The van der Waals surface area contributed by atoms with Gasteiger partial charge in [-0.3, -0.25) is 0 Å². The number of aromatic nitrogens is 2. The molecule has 1 heterocycles. The molecule has 0 unspecified atom stereocenters. The molecule has 2 rings (SSSR count). The average molecular weight is 380 g/mol. The molecule has 0 amide bonds. The Labute approximate surface area is 154 Å².